The van der Waals surface area contributed by atoms with Crippen molar-refractivity contribution in [1.82, 2.24) is 24.7 Å². The molecule has 0 aliphatic carbocycles. The van der Waals surface area contributed by atoms with Crippen LogP contribution in [0.5, 0.6) is 0 Å². The third kappa shape index (κ3) is 2.94. The van der Waals surface area contributed by atoms with Gasteiger partial charge in [0, 0.05) is 25.0 Å². The average Bonchev–Trinajstić information content (AvgIpc) is 3.30. The van der Waals surface area contributed by atoms with Crippen LogP contribution in [-0.2, 0) is 11.8 Å². The van der Waals surface area contributed by atoms with Crippen molar-refractivity contribution in [2.24, 2.45) is 7.05 Å². The lowest BCUT2D eigenvalue weighted by Gasteiger charge is -2.08. The minimum Gasteiger partial charge on any atom is -0.449 e. The number of nitrogens with zero attached hydrogens (tertiary/aromatic N) is 5. The summed E-state index contributed by atoms with van der Waals surface area (Å²) in [6.07, 6.45) is 3.71. The summed E-state index contributed by atoms with van der Waals surface area (Å²) < 4.78 is 17.3. The quantitative estimate of drug-likeness (QED) is 0.489. The van der Waals surface area contributed by atoms with Crippen molar-refractivity contribution in [2.75, 3.05) is 0 Å². The number of carbonyl (C=O) groups is 1. The van der Waals surface area contributed by atoms with Crippen LogP contribution in [0.15, 0.2) is 44.6 Å². The second kappa shape index (κ2) is 6.72. The second-order valence-corrected chi connectivity index (χ2v) is 6.12. The van der Waals surface area contributed by atoms with Crippen molar-refractivity contribution < 1.29 is 18.5 Å². The predicted octanol–water partition coefficient (Wildman–Crippen LogP) is 2.20. The molecule has 0 spiro atoms. The fourth-order valence-electron chi connectivity index (χ4n) is 2.72. The van der Waals surface area contributed by atoms with Gasteiger partial charge in [0.2, 0.25) is 11.5 Å². The van der Waals surface area contributed by atoms with Crippen molar-refractivity contribution in [1.29, 1.82) is 0 Å². The van der Waals surface area contributed by atoms with Gasteiger partial charge in [-0.3, -0.25) is 9.78 Å². The van der Waals surface area contributed by atoms with Gasteiger partial charge in [0.15, 0.2) is 6.10 Å². The number of hydrogen-bond acceptors (Lipinski definition) is 9. The fourth-order valence-corrected chi connectivity index (χ4v) is 2.72. The lowest BCUT2D eigenvalue weighted by Crippen LogP contribution is -2.19. The van der Waals surface area contributed by atoms with E-state index in [1.165, 1.54) is 17.9 Å². The highest BCUT2D eigenvalue weighted by atomic mass is 16.6. The number of aryl methyl sites for hydroxylation is 2. The molecule has 0 fully saturated rings. The molecular weight excluding hydrogens is 366 g/mol. The zero-order chi connectivity index (χ0) is 19.8. The molecular formula is C18H15N5O5. The van der Waals surface area contributed by atoms with E-state index in [0.29, 0.717) is 11.4 Å². The van der Waals surface area contributed by atoms with E-state index in [0.717, 1.165) is 0 Å². The monoisotopic (exact) mass is 381 g/mol. The summed E-state index contributed by atoms with van der Waals surface area (Å²) in [6, 6.07) is 3.53. The molecule has 10 heteroatoms. The molecule has 4 aromatic heterocycles. The first kappa shape index (κ1) is 17.6. The third-order valence-corrected chi connectivity index (χ3v) is 4.15. The van der Waals surface area contributed by atoms with E-state index in [9.17, 15) is 9.59 Å². The summed E-state index contributed by atoms with van der Waals surface area (Å²) in [5, 5.41) is 3.94. The molecule has 0 N–H and O–H groups in total. The molecule has 0 radical (unpaired) electrons. The van der Waals surface area contributed by atoms with E-state index in [2.05, 4.69) is 20.1 Å². The number of pyridine rings is 1. The molecule has 1 atom stereocenters. The first-order valence-electron chi connectivity index (χ1n) is 8.35. The number of esters is 1. The first-order valence-corrected chi connectivity index (χ1v) is 8.35. The Balaban J connectivity index is 1.62. The SMILES string of the molecule is Cc1oc2ncn(C)c(=O)c2c1C(=O)OC(C)c1nc(-c2cccnc2)no1. The molecule has 4 aromatic rings. The van der Waals surface area contributed by atoms with E-state index < -0.39 is 17.6 Å². The van der Waals surface area contributed by atoms with Gasteiger partial charge in [-0.05, 0) is 26.0 Å². The minimum absolute atomic E-state index is 0.0301. The number of hydrogen-bond donors (Lipinski definition) is 0. The number of rotatable bonds is 4. The van der Waals surface area contributed by atoms with E-state index in [1.54, 1.807) is 38.4 Å². The Bertz CT molecular complexity index is 1220. The van der Waals surface area contributed by atoms with Crippen LogP contribution >= 0.6 is 0 Å². The molecule has 0 aliphatic heterocycles. The Morgan fingerprint density at radius 2 is 2.18 bits per heavy atom. The molecule has 1 unspecified atom stereocenters. The Morgan fingerprint density at radius 1 is 1.36 bits per heavy atom. The molecule has 28 heavy (non-hydrogen) atoms. The van der Waals surface area contributed by atoms with Crippen LogP contribution in [0.3, 0.4) is 0 Å². The Morgan fingerprint density at radius 3 is 2.93 bits per heavy atom. The van der Waals surface area contributed by atoms with Gasteiger partial charge >= 0.3 is 5.97 Å². The van der Waals surface area contributed by atoms with Gasteiger partial charge in [-0.25, -0.2) is 9.78 Å². The van der Waals surface area contributed by atoms with Crippen LogP contribution in [0.25, 0.3) is 22.5 Å². The fraction of sp³-hybridized carbons (Fsp3) is 0.222. The van der Waals surface area contributed by atoms with Gasteiger partial charge in [-0.15, -0.1) is 0 Å². The highest BCUT2D eigenvalue weighted by molar-refractivity contribution is 6.03. The smallest absolute Gasteiger partial charge is 0.343 e. The molecule has 0 bridgehead atoms. The van der Waals surface area contributed by atoms with E-state index >= 15 is 0 Å². The van der Waals surface area contributed by atoms with Crippen molar-refractivity contribution >= 4 is 17.1 Å². The van der Waals surface area contributed by atoms with Crippen LogP contribution < -0.4 is 5.56 Å². The van der Waals surface area contributed by atoms with Crippen LogP contribution in [0.2, 0.25) is 0 Å². The Kier molecular flexibility index (Phi) is 4.22. The number of furan rings is 1. The Labute approximate surface area is 157 Å². The zero-order valence-corrected chi connectivity index (χ0v) is 15.2. The highest BCUT2D eigenvalue weighted by Crippen LogP contribution is 2.25. The summed E-state index contributed by atoms with van der Waals surface area (Å²) in [5.74, 6) is -0.0581. The van der Waals surface area contributed by atoms with E-state index in [1.807, 2.05) is 0 Å². The summed E-state index contributed by atoms with van der Waals surface area (Å²) in [7, 11) is 1.53. The summed E-state index contributed by atoms with van der Waals surface area (Å²) in [5.41, 5.74) is 0.375. The maximum atomic E-state index is 12.7. The average molecular weight is 381 g/mol. The topological polar surface area (TPSA) is 126 Å². The third-order valence-electron chi connectivity index (χ3n) is 4.15. The number of ether oxygens (including phenoxy) is 1. The maximum absolute atomic E-state index is 12.7. The molecule has 4 rings (SSSR count). The largest absolute Gasteiger partial charge is 0.449 e. The molecule has 0 aliphatic rings. The molecule has 142 valence electrons. The van der Waals surface area contributed by atoms with Crippen LogP contribution in [0.4, 0.5) is 0 Å². The van der Waals surface area contributed by atoms with Crippen molar-refractivity contribution in [3.05, 3.63) is 58.4 Å². The lowest BCUT2D eigenvalue weighted by atomic mass is 10.2. The van der Waals surface area contributed by atoms with Gasteiger partial charge in [0.1, 0.15) is 23.0 Å². The van der Waals surface area contributed by atoms with E-state index in [-0.39, 0.29) is 28.3 Å². The normalized spacial score (nSPS) is 12.2. The van der Waals surface area contributed by atoms with Crippen molar-refractivity contribution in [3.63, 3.8) is 0 Å². The molecule has 0 saturated carbocycles. The van der Waals surface area contributed by atoms with Gasteiger partial charge in [-0.1, -0.05) is 5.16 Å². The van der Waals surface area contributed by atoms with E-state index in [4.69, 9.17) is 13.7 Å². The molecule has 0 amide bonds. The molecule has 0 aromatic carbocycles. The molecule has 4 heterocycles. The zero-order valence-electron chi connectivity index (χ0n) is 15.2. The highest BCUT2D eigenvalue weighted by Gasteiger charge is 2.27. The Hall–Kier alpha value is -3.82. The molecule has 0 saturated heterocycles. The summed E-state index contributed by atoms with van der Waals surface area (Å²) >= 11 is 0. The van der Waals surface area contributed by atoms with Crippen LogP contribution in [-0.4, -0.2) is 30.6 Å². The number of fused-ring (bicyclic) bond motifs is 1. The van der Waals surface area contributed by atoms with Gasteiger partial charge in [-0.2, -0.15) is 4.98 Å². The first-order chi connectivity index (χ1) is 13.5. The predicted molar refractivity (Wildman–Crippen MR) is 95.3 cm³/mol. The molecule has 10 nitrogen and oxygen atoms in total. The minimum atomic E-state index is -0.838. The maximum Gasteiger partial charge on any atom is 0.343 e. The van der Waals surface area contributed by atoms with Gasteiger partial charge in [0.25, 0.3) is 11.4 Å². The van der Waals surface area contributed by atoms with Crippen molar-refractivity contribution in [3.8, 4) is 11.4 Å². The lowest BCUT2D eigenvalue weighted by molar-refractivity contribution is 0.0265. The van der Waals surface area contributed by atoms with Gasteiger partial charge < -0.3 is 18.2 Å². The number of aromatic nitrogens is 5. The standard InChI is InChI=1S/C18H15N5O5/c1-9-12(13-16(26-9)20-8-23(3)17(13)24)18(25)27-10(2)15-21-14(22-28-15)11-5-4-6-19-7-11/h4-8,10H,1-3H3. The summed E-state index contributed by atoms with van der Waals surface area (Å²) in [6.45, 7) is 3.15. The van der Waals surface area contributed by atoms with Crippen LogP contribution in [0, 0.1) is 6.92 Å². The summed E-state index contributed by atoms with van der Waals surface area (Å²) in [4.78, 5) is 37.4. The number of carbonyl (C=O) groups excluding carboxylic acids is 1. The van der Waals surface area contributed by atoms with Crippen LogP contribution in [0.1, 0.15) is 35.0 Å². The van der Waals surface area contributed by atoms with Crippen molar-refractivity contribution in [2.45, 2.75) is 20.0 Å². The van der Waals surface area contributed by atoms with Gasteiger partial charge in [0.05, 0.1) is 0 Å². The second-order valence-electron chi connectivity index (χ2n) is 6.12.